The number of pyridine rings is 2. The van der Waals surface area contributed by atoms with Gasteiger partial charge < -0.3 is 0 Å². The smallest absolute Gasteiger partial charge is 0.250 e. The van der Waals surface area contributed by atoms with Crippen LogP contribution in [0.3, 0.4) is 0 Å². The Morgan fingerprint density at radius 2 is 1.76 bits per heavy atom. The van der Waals surface area contributed by atoms with Crippen molar-refractivity contribution in [3.05, 3.63) is 74.9 Å². The minimum Gasteiger partial charge on any atom is -0.250 e. The van der Waals surface area contributed by atoms with Gasteiger partial charge in [-0.2, -0.15) is 17.9 Å². The maximum absolute atomic E-state index is 13.0. The summed E-state index contributed by atoms with van der Waals surface area (Å²) in [5, 5.41) is 4.45. The van der Waals surface area contributed by atoms with Crippen LogP contribution in [0.4, 0.5) is 13.2 Å². The molecule has 3 aromatic heterocycles. The first-order valence-electron chi connectivity index (χ1n) is 9.29. The second-order valence-electron chi connectivity index (χ2n) is 6.91. The summed E-state index contributed by atoms with van der Waals surface area (Å²) in [6.07, 6.45) is -2.42. The number of alkyl halides is 3. The van der Waals surface area contributed by atoms with E-state index in [1.165, 1.54) is 31.3 Å². The van der Waals surface area contributed by atoms with E-state index in [1.807, 2.05) is 0 Å². The maximum atomic E-state index is 13.0. The number of halogens is 5. The fraction of sp³-hybridized carbons (Fsp3) is 0.150. The number of rotatable bonds is 4. The molecule has 0 amide bonds. The molecular weight excluding hydrogens is 504 g/mol. The van der Waals surface area contributed by atoms with Crippen molar-refractivity contribution in [1.82, 2.24) is 19.2 Å². The number of aromatic nitrogens is 4. The fourth-order valence-electron chi connectivity index (χ4n) is 3.10. The lowest BCUT2D eigenvalue weighted by molar-refractivity contribution is -0.137. The Morgan fingerprint density at radius 3 is 2.39 bits per heavy atom. The molecule has 0 aliphatic carbocycles. The quantitative estimate of drug-likeness (QED) is 0.393. The summed E-state index contributed by atoms with van der Waals surface area (Å²) in [5.41, 5.74) is -1.30. The fourth-order valence-corrected chi connectivity index (χ4v) is 4.44. The van der Waals surface area contributed by atoms with Crippen LogP contribution in [0.25, 0.3) is 22.6 Å². The molecule has 0 aliphatic heterocycles. The number of hydrogen-bond acceptors (Lipinski definition) is 5. The van der Waals surface area contributed by atoms with Gasteiger partial charge in [0.2, 0.25) is 0 Å². The molecule has 1 aromatic carbocycles. The third-order valence-electron chi connectivity index (χ3n) is 4.85. The molecule has 0 unspecified atom stereocenters. The Balaban J connectivity index is 1.95. The highest BCUT2D eigenvalue weighted by Crippen LogP contribution is 2.32. The first-order chi connectivity index (χ1) is 15.4. The van der Waals surface area contributed by atoms with Crippen molar-refractivity contribution in [2.75, 3.05) is 5.75 Å². The van der Waals surface area contributed by atoms with E-state index in [4.69, 9.17) is 23.2 Å². The largest absolute Gasteiger partial charge is 0.416 e. The SMILES string of the molecule is CCS(=O)(=O)c1cc(-c2ccc(Cl)c(Cl)c2)cnc1-n1nc2cc(C(F)(F)F)ccn2c1=O. The van der Waals surface area contributed by atoms with Crippen LogP contribution in [0.5, 0.6) is 0 Å². The molecule has 3 heterocycles. The highest BCUT2D eigenvalue weighted by Gasteiger charge is 2.31. The molecule has 0 N–H and O–H groups in total. The Bertz CT molecular complexity index is 1560. The molecule has 0 fully saturated rings. The van der Waals surface area contributed by atoms with Crippen molar-refractivity contribution in [2.45, 2.75) is 18.0 Å². The lowest BCUT2D eigenvalue weighted by Gasteiger charge is -2.11. The van der Waals surface area contributed by atoms with Crippen LogP contribution in [0.15, 0.2) is 58.5 Å². The van der Waals surface area contributed by atoms with Crippen LogP contribution in [-0.4, -0.2) is 33.3 Å². The van der Waals surface area contributed by atoms with Gasteiger partial charge in [0.1, 0.15) is 4.90 Å². The maximum Gasteiger partial charge on any atom is 0.416 e. The Kier molecular flexibility index (Phi) is 5.75. The zero-order chi connectivity index (χ0) is 24.1. The van der Waals surface area contributed by atoms with E-state index in [0.717, 1.165) is 16.7 Å². The van der Waals surface area contributed by atoms with Gasteiger partial charge in [0, 0.05) is 18.0 Å². The minimum absolute atomic E-state index is 0.246. The minimum atomic E-state index is -4.64. The van der Waals surface area contributed by atoms with Crippen molar-refractivity contribution >= 4 is 38.7 Å². The molecule has 0 saturated heterocycles. The van der Waals surface area contributed by atoms with Crippen molar-refractivity contribution in [3.8, 4) is 16.9 Å². The molecule has 4 aromatic rings. The number of benzene rings is 1. The molecule has 33 heavy (non-hydrogen) atoms. The summed E-state index contributed by atoms with van der Waals surface area (Å²) in [6.45, 7) is 1.41. The number of nitrogens with zero attached hydrogens (tertiary/aromatic N) is 4. The van der Waals surface area contributed by atoms with E-state index in [1.54, 1.807) is 6.07 Å². The average molecular weight is 517 g/mol. The van der Waals surface area contributed by atoms with Crippen LogP contribution in [0.1, 0.15) is 12.5 Å². The van der Waals surface area contributed by atoms with Crippen LogP contribution in [0, 0.1) is 0 Å². The normalized spacial score (nSPS) is 12.4. The predicted octanol–water partition coefficient (Wildman–Crippen LogP) is 4.67. The molecule has 0 saturated carbocycles. The van der Waals surface area contributed by atoms with Gasteiger partial charge in [-0.25, -0.2) is 22.6 Å². The Labute approximate surface area is 194 Å². The standard InChI is InChI=1S/C20H13Cl2F3N4O3S/c1-2-33(31,32)16-8-12(11-3-4-14(21)15(22)7-11)10-26-18(16)29-19(30)28-6-5-13(20(23,24)25)9-17(28)27-29/h3-10H,2H2,1H3. The molecule has 7 nitrogen and oxygen atoms in total. The van der Waals surface area contributed by atoms with E-state index >= 15 is 0 Å². The molecule has 0 spiro atoms. The van der Waals surface area contributed by atoms with Gasteiger partial charge >= 0.3 is 11.9 Å². The van der Waals surface area contributed by atoms with E-state index in [-0.39, 0.29) is 27.1 Å². The van der Waals surface area contributed by atoms with Crippen LogP contribution in [-0.2, 0) is 16.0 Å². The molecule has 13 heteroatoms. The molecule has 0 bridgehead atoms. The van der Waals surface area contributed by atoms with Gasteiger partial charge in [0.05, 0.1) is 21.4 Å². The third-order valence-corrected chi connectivity index (χ3v) is 7.32. The zero-order valence-electron chi connectivity index (χ0n) is 16.6. The van der Waals surface area contributed by atoms with Crippen LogP contribution >= 0.6 is 23.2 Å². The number of sulfone groups is 1. The Hall–Kier alpha value is -2.89. The molecule has 4 rings (SSSR count). The number of hydrogen-bond donors (Lipinski definition) is 0. The summed E-state index contributed by atoms with van der Waals surface area (Å²) in [6, 6.07) is 7.40. The average Bonchev–Trinajstić information content (AvgIpc) is 3.10. The van der Waals surface area contributed by atoms with Crippen LogP contribution < -0.4 is 5.69 Å². The van der Waals surface area contributed by atoms with Gasteiger partial charge in [-0.3, -0.25) is 0 Å². The molecular formula is C20H13Cl2F3N4O3S. The predicted molar refractivity (Wildman–Crippen MR) is 117 cm³/mol. The molecule has 172 valence electrons. The highest BCUT2D eigenvalue weighted by molar-refractivity contribution is 7.91. The summed E-state index contributed by atoms with van der Waals surface area (Å²) < 4.78 is 66.3. The monoisotopic (exact) mass is 516 g/mol. The number of fused-ring (bicyclic) bond motifs is 1. The lowest BCUT2D eigenvalue weighted by atomic mass is 10.1. The van der Waals surface area contributed by atoms with Crippen molar-refractivity contribution in [2.24, 2.45) is 0 Å². The topological polar surface area (TPSA) is 86.3 Å². The first kappa shape index (κ1) is 23.3. The lowest BCUT2D eigenvalue weighted by Crippen LogP contribution is -2.23. The van der Waals surface area contributed by atoms with Crippen molar-refractivity contribution in [3.63, 3.8) is 0 Å². The third kappa shape index (κ3) is 4.23. The van der Waals surface area contributed by atoms with Gasteiger partial charge in [0.25, 0.3) is 0 Å². The van der Waals surface area contributed by atoms with E-state index in [9.17, 15) is 26.4 Å². The summed E-state index contributed by atoms with van der Waals surface area (Å²) >= 11 is 12.0. The van der Waals surface area contributed by atoms with Crippen LogP contribution in [0.2, 0.25) is 10.0 Å². The first-order valence-corrected chi connectivity index (χ1v) is 11.7. The van der Waals surface area contributed by atoms with E-state index < -0.39 is 27.3 Å². The van der Waals surface area contributed by atoms with Crippen molar-refractivity contribution < 1.29 is 21.6 Å². The molecule has 0 radical (unpaired) electrons. The Morgan fingerprint density at radius 1 is 1.03 bits per heavy atom. The summed E-state index contributed by atoms with van der Waals surface area (Å²) in [4.78, 5) is 16.6. The summed E-state index contributed by atoms with van der Waals surface area (Å²) in [7, 11) is -3.92. The van der Waals surface area contributed by atoms with Gasteiger partial charge in [-0.1, -0.05) is 36.2 Å². The second kappa shape index (κ2) is 8.15. The highest BCUT2D eigenvalue weighted by atomic mass is 35.5. The van der Waals surface area contributed by atoms with E-state index in [2.05, 4.69) is 10.1 Å². The molecule has 0 aliphatic rings. The van der Waals surface area contributed by atoms with Crippen molar-refractivity contribution in [1.29, 1.82) is 0 Å². The van der Waals surface area contributed by atoms with Gasteiger partial charge in [0.15, 0.2) is 21.3 Å². The second-order valence-corrected chi connectivity index (χ2v) is 9.97. The van der Waals surface area contributed by atoms with Gasteiger partial charge in [-0.05, 0) is 35.9 Å². The van der Waals surface area contributed by atoms with E-state index in [0.29, 0.717) is 26.9 Å². The zero-order valence-corrected chi connectivity index (χ0v) is 19.0. The summed E-state index contributed by atoms with van der Waals surface area (Å²) in [5.74, 6) is -0.643. The van der Waals surface area contributed by atoms with Gasteiger partial charge in [-0.15, -0.1) is 5.10 Å². The molecule has 0 atom stereocenters.